The molecule has 0 saturated heterocycles. The molecule has 58 valence electrons. The summed E-state index contributed by atoms with van der Waals surface area (Å²) in [6.45, 7) is 0. The minimum atomic E-state index is 0.249. The van der Waals surface area contributed by atoms with E-state index < -0.39 is 0 Å². The standard InChI is InChI=1S/C9H5NOS/c10-5-6-1-2-8(11)9-7(6)3-4-12-9/h1-4,11H. The molecule has 0 aliphatic rings. The number of phenolic OH excluding ortho intramolecular Hbond substituents is 1. The molecule has 3 heteroatoms. The Hall–Kier alpha value is -1.53. The number of phenols is 1. The fraction of sp³-hybridized carbons (Fsp3) is 0. The summed E-state index contributed by atoms with van der Waals surface area (Å²) in [7, 11) is 0. The van der Waals surface area contributed by atoms with Gasteiger partial charge in [-0.25, -0.2) is 0 Å². The van der Waals surface area contributed by atoms with Crippen LogP contribution in [0, 0.1) is 11.3 Å². The number of benzene rings is 1. The van der Waals surface area contributed by atoms with Crippen LogP contribution in [0.4, 0.5) is 0 Å². The second-order valence-electron chi connectivity index (χ2n) is 2.41. The quantitative estimate of drug-likeness (QED) is 0.668. The van der Waals surface area contributed by atoms with Crippen LogP contribution in [-0.2, 0) is 0 Å². The highest BCUT2D eigenvalue weighted by Crippen LogP contribution is 2.31. The van der Waals surface area contributed by atoms with E-state index in [9.17, 15) is 5.11 Å². The van der Waals surface area contributed by atoms with Crippen molar-refractivity contribution in [2.75, 3.05) is 0 Å². The van der Waals surface area contributed by atoms with Crippen LogP contribution < -0.4 is 0 Å². The van der Waals surface area contributed by atoms with E-state index in [2.05, 4.69) is 6.07 Å². The van der Waals surface area contributed by atoms with Crippen molar-refractivity contribution in [3.8, 4) is 11.8 Å². The van der Waals surface area contributed by atoms with Gasteiger partial charge in [0, 0.05) is 5.39 Å². The highest BCUT2D eigenvalue weighted by Gasteiger charge is 2.04. The summed E-state index contributed by atoms with van der Waals surface area (Å²) < 4.78 is 0.786. The summed E-state index contributed by atoms with van der Waals surface area (Å²) in [5, 5.41) is 20.8. The fourth-order valence-electron chi connectivity index (χ4n) is 1.14. The van der Waals surface area contributed by atoms with Crippen LogP contribution in [0.3, 0.4) is 0 Å². The number of fused-ring (bicyclic) bond motifs is 1. The van der Waals surface area contributed by atoms with Crippen LogP contribution in [0.15, 0.2) is 23.6 Å². The van der Waals surface area contributed by atoms with Gasteiger partial charge in [-0.15, -0.1) is 11.3 Å². The van der Waals surface area contributed by atoms with Gasteiger partial charge in [-0.3, -0.25) is 0 Å². The molecule has 1 aromatic carbocycles. The van der Waals surface area contributed by atoms with Crippen molar-refractivity contribution < 1.29 is 5.11 Å². The predicted molar refractivity (Wildman–Crippen MR) is 48.2 cm³/mol. The SMILES string of the molecule is N#Cc1ccc(O)c2sccc12. The van der Waals surface area contributed by atoms with E-state index in [1.165, 1.54) is 11.3 Å². The molecule has 0 aliphatic heterocycles. The number of hydrogen-bond donors (Lipinski definition) is 1. The Morgan fingerprint density at radius 3 is 2.92 bits per heavy atom. The van der Waals surface area contributed by atoms with Gasteiger partial charge in [-0.05, 0) is 23.6 Å². The van der Waals surface area contributed by atoms with Crippen LogP contribution in [0.5, 0.6) is 5.75 Å². The largest absolute Gasteiger partial charge is 0.506 e. The lowest BCUT2D eigenvalue weighted by atomic mass is 10.1. The van der Waals surface area contributed by atoms with Gasteiger partial charge in [0.2, 0.25) is 0 Å². The van der Waals surface area contributed by atoms with E-state index in [4.69, 9.17) is 5.26 Å². The molecule has 2 aromatic rings. The molecule has 0 amide bonds. The van der Waals surface area contributed by atoms with Gasteiger partial charge in [-0.1, -0.05) is 0 Å². The molecule has 0 spiro atoms. The number of nitriles is 1. The van der Waals surface area contributed by atoms with Crippen LogP contribution in [-0.4, -0.2) is 5.11 Å². The normalized spacial score (nSPS) is 9.92. The molecule has 0 atom stereocenters. The molecule has 0 fully saturated rings. The first-order valence-corrected chi connectivity index (χ1v) is 4.30. The minimum Gasteiger partial charge on any atom is -0.506 e. The predicted octanol–water partition coefficient (Wildman–Crippen LogP) is 2.48. The maximum Gasteiger partial charge on any atom is 0.133 e. The summed E-state index contributed by atoms with van der Waals surface area (Å²) >= 11 is 1.44. The minimum absolute atomic E-state index is 0.249. The second-order valence-corrected chi connectivity index (χ2v) is 3.32. The average molecular weight is 175 g/mol. The summed E-state index contributed by atoms with van der Waals surface area (Å²) in [6, 6.07) is 7.11. The highest BCUT2D eigenvalue weighted by molar-refractivity contribution is 7.17. The van der Waals surface area contributed by atoms with Crippen molar-refractivity contribution in [2.24, 2.45) is 0 Å². The first-order chi connectivity index (χ1) is 5.83. The molecule has 1 heterocycles. The lowest BCUT2D eigenvalue weighted by Gasteiger charge is -1.94. The van der Waals surface area contributed by atoms with E-state index in [0.717, 1.165) is 10.1 Å². The van der Waals surface area contributed by atoms with E-state index in [1.54, 1.807) is 12.1 Å². The second kappa shape index (κ2) is 2.50. The Morgan fingerprint density at radius 1 is 1.33 bits per heavy atom. The van der Waals surface area contributed by atoms with Crippen molar-refractivity contribution in [3.63, 3.8) is 0 Å². The van der Waals surface area contributed by atoms with Crippen LogP contribution in [0.2, 0.25) is 0 Å². The third-order valence-electron chi connectivity index (χ3n) is 1.72. The van der Waals surface area contributed by atoms with Gasteiger partial charge >= 0.3 is 0 Å². The molecule has 0 radical (unpaired) electrons. The zero-order valence-corrected chi connectivity index (χ0v) is 6.93. The summed E-state index contributed by atoms with van der Waals surface area (Å²) in [5.74, 6) is 0.249. The van der Waals surface area contributed by atoms with Crippen molar-refractivity contribution in [2.45, 2.75) is 0 Å². The molecule has 1 aromatic heterocycles. The first-order valence-electron chi connectivity index (χ1n) is 3.42. The molecule has 12 heavy (non-hydrogen) atoms. The Labute approximate surface area is 73.3 Å². The Bertz CT molecular complexity index is 467. The lowest BCUT2D eigenvalue weighted by molar-refractivity contribution is 0.482. The first kappa shape index (κ1) is 7.14. The molecular weight excluding hydrogens is 170 g/mol. The van der Waals surface area contributed by atoms with Gasteiger partial charge in [0.1, 0.15) is 5.75 Å². The molecule has 2 nitrogen and oxygen atoms in total. The summed E-state index contributed by atoms with van der Waals surface area (Å²) in [6.07, 6.45) is 0. The number of aromatic hydroxyl groups is 1. The average Bonchev–Trinajstić information content (AvgIpc) is 2.54. The molecule has 0 unspecified atom stereocenters. The maximum atomic E-state index is 9.38. The molecule has 0 bridgehead atoms. The number of hydrogen-bond acceptors (Lipinski definition) is 3. The van der Waals surface area contributed by atoms with Crippen molar-refractivity contribution >= 4 is 21.4 Å². The zero-order valence-electron chi connectivity index (χ0n) is 6.11. The monoisotopic (exact) mass is 175 g/mol. The third kappa shape index (κ3) is 0.858. The molecule has 0 aliphatic carbocycles. The Kier molecular flexibility index (Phi) is 1.49. The number of nitrogens with zero attached hydrogens (tertiary/aromatic N) is 1. The van der Waals surface area contributed by atoms with Crippen molar-refractivity contribution in [3.05, 3.63) is 29.1 Å². The van der Waals surface area contributed by atoms with Gasteiger partial charge in [0.15, 0.2) is 0 Å². The van der Waals surface area contributed by atoms with E-state index in [-0.39, 0.29) is 5.75 Å². The van der Waals surface area contributed by atoms with Gasteiger partial charge in [0.05, 0.1) is 16.3 Å². The van der Waals surface area contributed by atoms with Crippen LogP contribution in [0.25, 0.3) is 10.1 Å². The van der Waals surface area contributed by atoms with E-state index in [1.807, 2.05) is 11.4 Å². The lowest BCUT2D eigenvalue weighted by Crippen LogP contribution is -1.74. The number of rotatable bonds is 0. The molecule has 2 rings (SSSR count). The molecule has 0 saturated carbocycles. The highest BCUT2D eigenvalue weighted by atomic mass is 32.1. The Morgan fingerprint density at radius 2 is 2.17 bits per heavy atom. The maximum absolute atomic E-state index is 9.38. The topological polar surface area (TPSA) is 44.0 Å². The van der Waals surface area contributed by atoms with Crippen LogP contribution in [0.1, 0.15) is 5.56 Å². The number of thiophene rings is 1. The van der Waals surface area contributed by atoms with Crippen molar-refractivity contribution in [1.29, 1.82) is 5.26 Å². The fourth-order valence-corrected chi connectivity index (χ4v) is 1.98. The van der Waals surface area contributed by atoms with E-state index >= 15 is 0 Å². The molecular formula is C9H5NOS. The van der Waals surface area contributed by atoms with Crippen molar-refractivity contribution in [1.82, 2.24) is 0 Å². The van der Waals surface area contributed by atoms with Crippen LogP contribution >= 0.6 is 11.3 Å². The molecule has 1 N–H and O–H groups in total. The zero-order chi connectivity index (χ0) is 8.55. The van der Waals surface area contributed by atoms with Gasteiger partial charge in [-0.2, -0.15) is 5.26 Å². The van der Waals surface area contributed by atoms with Gasteiger partial charge in [0.25, 0.3) is 0 Å². The smallest absolute Gasteiger partial charge is 0.133 e. The Balaban J connectivity index is 2.94. The van der Waals surface area contributed by atoms with E-state index in [0.29, 0.717) is 5.56 Å². The summed E-state index contributed by atoms with van der Waals surface area (Å²) in [4.78, 5) is 0. The summed E-state index contributed by atoms with van der Waals surface area (Å²) in [5.41, 5.74) is 0.615. The third-order valence-corrected chi connectivity index (χ3v) is 2.65. The van der Waals surface area contributed by atoms with Gasteiger partial charge < -0.3 is 5.11 Å².